The molecule has 0 atom stereocenters. The molecule has 2 amide bonds. The fraction of sp³-hybridized carbons (Fsp3) is 0.333. The summed E-state index contributed by atoms with van der Waals surface area (Å²) in [7, 11) is -0.398. The van der Waals surface area contributed by atoms with Gasteiger partial charge in [0.1, 0.15) is 11.5 Å². The van der Waals surface area contributed by atoms with Crippen LogP contribution in [0.3, 0.4) is 0 Å². The number of nitrogens with one attached hydrogen (secondary N) is 1. The van der Waals surface area contributed by atoms with Crippen LogP contribution in [0.15, 0.2) is 71.7 Å². The van der Waals surface area contributed by atoms with Crippen molar-refractivity contribution in [1.29, 1.82) is 0 Å². The third-order valence-electron chi connectivity index (χ3n) is 6.13. The standard InChI is InChI=1S/C24H31FN6O5S/c1-16-20(29(3)37(4,35)36)13-19(30-11-9-28(2)10-12-30)15-31(16)24(34)22(32)21(26)23(33)27-14-17-5-7-18(25)8-6-17/h5-8,13,15,32H,1,9-12,14,26H2,2-4H3,(H,27,33)/b22-21+. The van der Waals surface area contributed by atoms with Gasteiger partial charge in [0.15, 0.2) is 0 Å². The SMILES string of the molecule is C=C1C(N(C)S(C)(=O)=O)=CC(N2CCN(C)CC2)=CN1C(=O)/C(O)=C(\N)C(=O)NCc1ccc(F)cc1. The van der Waals surface area contributed by atoms with E-state index in [9.17, 15) is 27.5 Å². The lowest BCUT2D eigenvalue weighted by Gasteiger charge is -2.38. The lowest BCUT2D eigenvalue weighted by molar-refractivity contribution is -0.127. The molecule has 0 unspecified atom stereocenters. The predicted octanol–water partition coefficient (Wildman–Crippen LogP) is 0.390. The minimum atomic E-state index is -3.71. The van der Waals surface area contributed by atoms with Gasteiger partial charge in [-0.1, -0.05) is 18.7 Å². The Morgan fingerprint density at radius 3 is 2.35 bits per heavy atom. The molecule has 0 aromatic heterocycles. The van der Waals surface area contributed by atoms with E-state index < -0.39 is 39.1 Å². The van der Waals surface area contributed by atoms with Gasteiger partial charge in [-0.05, 0) is 30.8 Å². The fourth-order valence-electron chi connectivity index (χ4n) is 3.68. The van der Waals surface area contributed by atoms with Gasteiger partial charge in [0, 0.05) is 46.0 Å². The summed E-state index contributed by atoms with van der Waals surface area (Å²) in [5.74, 6) is -3.43. The Morgan fingerprint density at radius 1 is 1.19 bits per heavy atom. The first-order valence-corrected chi connectivity index (χ1v) is 13.2. The average Bonchev–Trinajstić information content (AvgIpc) is 2.86. The van der Waals surface area contributed by atoms with Crippen molar-refractivity contribution in [1.82, 2.24) is 24.3 Å². The Balaban J connectivity index is 1.87. The zero-order valence-corrected chi connectivity index (χ0v) is 21.8. The van der Waals surface area contributed by atoms with E-state index in [2.05, 4.69) is 16.8 Å². The molecule has 11 nitrogen and oxygen atoms in total. The highest BCUT2D eigenvalue weighted by Gasteiger charge is 2.32. The number of aliphatic hydroxyl groups is 1. The molecule has 1 aromatic rings. The molecule has 13 heteroatoms. The van der Waals surface area contributed by atoms with Crippen molar-refractivity contribution in [2.24, 2.45) is 5.73 Å². The van der Waals surface area contributed by atoms with Gasteiger partial charge < -0.3 is 26.0 Å². The van der Waals surface area contributed by atoms with E-state index in [-0.39, 0.29) is 17.9 Å². The lowest BCUT2D eigenvalue weighted by Crippen LogP contribution is -2.45. The fourth-order valence-corrected chi connectivity index (χ4v) is 4.20. The molecule has 2 heterocycles. The number of carbonyl (C=O) groups excluding carboxylic acids is 2. The number of allylic oxidation sites excluding steroid dienone is 1. The third kappa shape index (κ3) is 6.49. The Bertz CT molecular complexity index is 1280. The summed E-state index contributed by atoms with van der Waals surface area (Å²) in [4.78, 5) is 30.8. The van der Waals surface area contributed by atoms with E-state index in [1.165, 1.54) is 37.5 Å². The number of rotatable bonds is 7. The van der Waals surface area contributed by atoms with Gasteiger partial charge in [0.05, 0.1) is 23.3 Å². The Morgan fingerprint density at radius 2 is 1.78 bits per heavy atom. The lowest BCUT2D eigenvalue weighted by atomic mass is 10.1. The second-order valence-electron chi connectivity index (χ2n) is 8.80. The summed E-state index contributed by atoms with van der Waals surface area (Å²) >= 11 is 0. The summed E-state index contributed by atoms with van der Waals surface area (Å²) in [6.45, 7) is 6.59. The molecule has 2 aliphatic heterocycles. The van der Waals surface area contributed by atoms with Crippen LogP contribution in [0.5, 0.6) is 0 Å². The first-order valence-electron chi connectivity index (χ1n) is 11.3. The van der Waals surface area contributed by atoms with Gasteiger partial charge in [-0.25, -0.2) is 12.8 Å². The predicted molar refractivity (Wildman–Crippen MR) is 136 cm³/mol. The average molecular weight is 535 g/mol. The number of likely N-dealkylation sites (N-methyl/N-ethyl adjacent to an activating group) is 2. The second kappa shape index (κ2) is 11.0. The van der Waals surface area contributed by atoms with Crippen LogP contribution < -0.4 is 11.1 Å². The van der Waals surface area contributed by atoms with Crippen molar-refractivity contribution in [2.45, 2.75) is 6.54 Å². The smallest absolute Gasteiger partial charge is 0.299 e. The maximum atomic E-state index is 13.3. The molecule has 37 heavy (non-hydrogen) atoms. The number of piperazine rings is 1. The first-order chi connectivity index (χ1) is 17.3. The van der Waals surface area contributed by atoms with Gasteiger partial charge >= 0.3 is 0 Å². The molecule has 200 valence electrons. The molecular weight excluding hydrogens is 503 g/mol. The maximum absolute atomic E-state index is 13.3. The number of aliphatic hydroxyl groups excluding tert-OH is 1. The van der Waals surface area contributed by atoms with E-state index in [0.717, 1.165) is 28.6 Å². The molecule has 1 saturated heterocycles. The quantitative estimate of drug-likeness (QED) is 0.337. The molecule has 3 rings (SSSR count). The molecule has 2 aliphatic rings. The van der Waals surface area contributed by atoms with Gasteiger partial charge in [-0.2, -0.15) is 0 Å². The Hall–Kier alpha value is -3.84. The van der Waals surface area contributed by atoms with Crippen LogP contribution in [0.2, 0.25) is 0 Å². The number of carbonyl (C=O) groups is 2. The van der Waals surface area contributed by atoms with E-state index in [1.807, 2.05) is 11.9 Å². The number of hydrogen-bond acceptors (Lipinski definition) is 8. The van der Waals surface area contributed by atoms with Crippen molar-refractivity contribution in [3.05, 3.63) is 83.0 Å². The summed E-state index contributed by atoms with van der Waals surface area (Å²) in [6.07, 6.45) is 4.05. The topological polar surface area (TPSA) is 140 Å². The van der Waals surface area contributed by atoms with E-state index in [0.29, 0.717) is 24.4 Å². The highest BCUT2D eigenvalue weighted by atomic mass is 32.2. The minimum Gasteiger partial charge on any atom is -0.501 e. The highest BCUT2D eigenvalue weighted by Crippen LogP contribution is 2.29. The van der Waals surface area contributed by atoms with Crippen molar-refractivity contribution >= 4 is 21.8 Å². The summed E-state index contributed by atoms with van der Waals surface area (Å²) < 4.78 is 38.6. The molecule has 0 bridgehead atoms. The van der Waals surface area contributed by atoms with E-state index in [1.54, 1.807) is 6.08 Å². The Kier molecular flexibility index (Phi) is 8.28. The van der Waals surface area contributed by atoms with Crippen LogP contribution in [-0.4, -0.2) is 90.9 Å². The van der Waals surface area contributed by atoms with Gasteiger partial charge in [0.2, 0.25) is 15.8 Å². The minimum absolute atomic E-state index is 0.0167. The molecule has 4 N–H and O–H groups in total. The number of hydrogen-bond donors (Lipinski definition) is 3. The van der Waals surface area contributed by atoms with Gasteiger partial charge in [-0.15, -0.1) is 0 Å². The molecule has 0 aliphatic carbocycles. The van der Waals surface area contributed by atoms with Crippen molar-refractivity contribution in [3.8, 4) is 0 Å². The summed E-state index contributed by atoms with van der Waals surface area (Å²) in [5, 5.41) is 13.0. The molecule has 1 aromatic carbocycles. The number of halogens is 1. The molecule has 0 spiro atoms. The van der Waals surface area contributed by atoms with Crippen molar-refractivity contribution in [2.75, 3.05) is 46.5 Å². The zero-order valence-electron chi connectivity index (χ0n) is 20.9. The zero-order chi connectivity index (χ0) is 27.5. The van der Waals surface area contributed by atoms with Crippen LogP contribution in [0, 0.1) is 5.82 Å². The first kappa shape index (κ1) is 27.7. The van der Waals surface area contributed by atoms with Crippen molar-refractivity contribution < 1.29 is 27.5 Å². The van der Waals surface area contributed by atoms with Crippen LogP contribution in [0.4, 0.5) is 4.39 Å². The number of amides is 2. The van der Waals surface area contributed by atoms with Gasteiger partial charge in [-0.3, -0.25) is 18.8 Å². The molecule has 0 radical (unpaired) electrons. The largest absolute Gasteiger partial charge is 0.501 e. The monoisotopic (exact) mass is 534 g/mol. The van der Waals surface area contributed by atoms with E-state index >= 15 is 0 Å². The van der Waals surface area contributed by atoms with Gasteiger partial charge in [0.25, 0.3) is 11.8 Å². The Labute approximate surface area is 215 Å². The van der Waals surface area contributed by atoms with Crippen molar-refractivity contribution in [3.63, 3.8) is 0 Å². The van der Waals surface area contributed by atoms with Crippen LogP contribution in [-0.2, 0) is 26.2 Å². The molecular formula is C24H31FN6O5S. The van der Waals surface area contributed by atoms with Crippen LogP contribution in [0.1, 0.15) is 5.56 Å². The molecule has 1 fully saturated rings. The maximum Gasteiger partial charge on any atom is 0.299 e. The van der Waals surface area contributed by atoms with Crippen LogP contribution in [0.25, 0.3) is 0 Å². The van der Waals surface area contributed by atoms with Crippen LogP contribution >= 0.6 is 0 Å². The number of benzene rings is 1. The normalized spacial score (nSPS) is 17.6. The summed E-state index contributed by atoms with van der Waals surface area (Å²) in [5.41, 5.74) is 6.26. The number of nitrogens with two attached hydrogens (primary N) is 1. The molecule has 0 saturated carbocycles. The third-order valence-corrected chi connectivity index (χ3v) is 7.32. The second-order valence-corrected chi connectivity index (χ2v) is 10.8. The number of sulfonamides is 1. The summed E-state index contributed by atoms with van der Waals surface area (Å²) in [6, 6.07) is 5.39. The number of nitrogens with zero attached hydrogens (tertiary/aromatic N) is 4. The van der Waals surface area contributed by atoms with E-state index in [4.69, 9.17) is 5.73 Å². The highest BCUT2D eigenvalue weighted by molar-refractivity contribution is 7.88.